The average Bonchev–Trinajstić information content (AvgIpc) is 2.40. The molecule has 0 amide bonds. The summed E-state index contributed by atoms with van der Waals surface area (Å²) in [5.41, 5.74) is 0.679. The fraction of sp³-hybridized carbons (Fsp3) is 0. The van der Waals surface area contributed by atoms with Gasteiger partial charge in [-0.3, -0.25) is 0 Å². The summed E-state index contributed by atoms with van der Waals surface area (Å²) in [6, 6.07) is 17.2. The van der Waals surface area contributed by atoms with Gasteiger partial charge in [-0.1, -0.05) is 60.1 Å². The van der Waals surface area contributed by atoms with Crippen LogP contribution < -0.4 is 0 Å². The largest absolute Gasteiger partial charge is 0.219 e. The topological polar surface area (TPSA) is 34.1 Å². The van der Waals surface area contributed by atoms with Crippen LogP contribution in [0.3, 0.4) is 0 Å². The first-order valence-corrected chi connectivity index (χ1v) is 7.25. The van der Waals surface area contributed by atoms with Gasteiger partial charge in [-0.25, -0.2) is 8.42 Å². The zero-order chi connectivity index (χ0) is 13.0. The Labute approximate surface area is 111 Å². The lowest BCUT2D eigenvalue weighted by Gasteiger charge is -2.01. The van der Waals surface area contributed by atoms with Gasteiger partial charge in [0.15, 0.2) is 0 Å². The Morgan fingerprint density at radius 3 is 1.94 bits per heavy atom. The molecule has 0 N–H and O–H groups in total. The normalized spacial score (nSPS) is 12.4. The van der Waals surface area contributed by atoms with E-state index in [2.05, 4.69) is 0 Å². The summed E-state index contributed by atoms with van der Waals surface area (Å²) in [4.78, 5) is 0.235. The number of sulfone groups is 1. The fourth-order valence-electron chi connectivity index (χ4n) is 1.48. The van der Waals surface area contributed by atoms with Crippen LogP contribution in [-0.4, -0.2) is 8.42 Å². The zero-order valence-electron chi connectivity index (χ0n) is 9.45. The third-order valence-corrected chi connectivity index (χ3v) is 4.31. The molecule has 0 atom stereocenters. The van der Waals surface area contributed by atoms with E-state index < -0.39 is 9.84 Å². The minimum Gasteiger partial charge on any atom is -0.219 e. The van der Waals surface area contributed by atoms with E-state index in [1.165, 1.54) is 0 Å². The van der Waals surface area contributed by atoms with Crippen LogP contribution >= 0.6 is 11.6 Å². The number of benzene rings is 2. The summed E-state index contributed by atoms with van der Waals surface area (Å²) in [6.07, 6.45) is 0. The van der Waals surface area contributed by atoms with Gasteiger partial charge < -0.3 is 0 Å². The maximum absolute atomic E-state index is 12.1. The third-order valence-electron chi connectivity index (χ3n) is 2.38. The van der Waals surface area contributed by atoms with E-state index in [9.17, 15) is 8.42 Å². The molecule has 0 aliphatic carbocycles. The van der Waals surface area contributed by atoms with Crippen molar-refractivity contribution in [1.29, 1.82) is 0 Å². The lowest BCUT2D eigenvalue weighted by atomic mass is 10.2. The summed E-state index contributed by atoms with van der Waals surface area (Å²) in [6.45, 7) is 0. The standard InChI is InChI=1S/C14H11ClO2S/c15-14(12-7-3-1-4-8-12)11-18(16,17)13-9-5-2-6-10-13/h1-11H/b14-11+. The first-order valence-electron chi connectivity index (χ1n) is 5.32. The lowest BCUT2D eigenvalue weighted by molar-refractivity contribution is 0.605. The zero-order valence-corrected chi connectivity index (χ0v) is 11.0. The molecule has 0 aliphatic rings. The van der Waals surface area contributed by atoms with Crippen molar-refractivity contribution in [1.82, 2.24) is 0 Å². The van der Waals surface area contributed by atoms with Gasteiger partial charge in [0.2, 0.25) is 9.84 Å². The monoisotopic (exact) mass is 278 g/mol. The van der Waals surface area contributed by atoms with Crippen molar-refractivity contribution in [3.8, 4) is 0 Å². The second kappa shape index (κ2) is 5.38. The highest BCUT2D eigenvalue weighted by atomic mass is 35.5. The predicted molar refractivity (Wildman–Crippen MR) is 73.9 cm³/mol. The van der Waals surface area contributed by atoms with E-state index in [0.717, 1.165) is 5.41 Å². The van der Waals surface area contributed by atoms with Crippen LogP contribution in [0.2, 0.25) is 0 Å². The second-order valence-corrected chi connectivity index (χ2v) is 5.89. The fourth-order valence-corrected chi connectivity index (χ4v) is 3.04. The molecule has 18 heavy (non-hydrogen) atoms. The summed E-state index contributed by atoms with van der Waals surface area (Å²) in [5, 5.41) is 1.29. The van der Waals surface area contributed by atoms with Gasteiger partial charge >= 0.3 is 0 Å². The lowest BCUT2D eigenvalue weighted by Crippen LogP contribution is -1.96. The quantitative estimate of drug-likeness (QED) is 0.858. The van der Waals surface area contributed by atoms with Crippen LogP contribution in [0.4, 0.5) is 0 Å². The Morgan fingerprint density at radius 2 is 1.39 bits per heavy atom. The molecule has 0 aromatic heterocycles. The van der Waals surface area contributed by atoms with Gasteiger partial charge in [-0.2, -0.15) is 0 Å². The van der Waals surface area contributed by atoms with Crippen LogP contribution in [0.25, 0.3) is 5.03 Å². The second-order valence-electron chi connectivity index (χ2n) is 3.69. The van der Waals surface area contributed by atoms with Crippen molar-refractivity contribution in [2.45, 2.75) is 4.90 Å². The Hall–Kier alpha value is -1.58. The highest BCUT2D eigenvalue weighted by Gasteiger charge is 2.12. The molecule has 0 spiro atoms. The van der Waals surface area contributed by atoms with Gasteiger partial charge in [0.25, 0.3) is 0 Å². The Kier molecular flexibility index (Phi) is 3.84. The highest BCUT2D eigenvalue weighted by Crippen LogP contribution is 2.22. The van der Waals surface area contributed by atoms with Crippen LogP contribution in [0.1, 0.15) is 5.56 Å². The summed E-state index contributed by atoms with van der Waals surface area (Å²) in [5.74, 6) is 0. The molecule has 0 fully saturated rings. The smallest absolute Gasteiger partial charge is 0.201 e. The Morgan fingerprint density at radius 1 is 0.889 bits per heavy atom. The molecule has 2 aromatic rings. The van der Waals surface area contributed by atoms with Gasteiger partial charge in [-0.15, -0.1) is 0 Å². The van der Waals surface area contributed by atoms with Gasteiger partial charge in [-0.05, 0) is 17.7 Å². The maximum atomic E-state index is 12.1. The highest BCUT2D eigenvalue weighted by molar-refractivity contribution is 7.94. The average molecular weight is 279 g/mol. The predicted octanol–water partition coefficient (Wildman–Crippen LogP) is 3.70. The molecule has 2 aromatic carbocycles. The van der Waals surface area contributed by atoms with Crippen molar-refractivity contribution in [3.63, 3.8) is 0 Å². The summed E-state index contributed by atoms with van der Waals surface area (Å²) < 4.78 is 24.1. The van der Waals surface area contributed by atoms with Crippen molar-refractivity contribution in [2.24, 2.45) is 0 Å². The molecule has 2 nitrogen and oxygen atoms in total. The van der Waals surface area contributed by atoms with E-state index in [4.69, 9.17) is 11.6 Å². The van der Waals surface area contributed by atoms with Crippen molar-refractivity contribution in [3.05, 3.63) is 71.6 Å². The molecule has 0 heterocycles. The van der Waals surface area contributed by atoms with E-state index >= 15 is 0 Å². The molecule has 0 radical (unpaired) electrons. The maximum Gasteiger partial charge on any atom is 0.201 e. The number of hydrogen-bond donors (Lipinski definition) is 0. The van der Waals surface area contributed by atoms with E-state index in [1.807, 2.05) is 6.07 Å². The molecule has 0 saturated carbocycles. The van der Waals surface area contributed by atoms with Crippen molar-refractivity contribution < 1.29 is 8.42 Å². The first-order chi connectivity index (χ1) is 8.59. The van der Waals surface area contributed by atoms with Crippen LogP contribution in [0, 0.1) is 0 Å². The SMILES string of the molecule is O=S(=O)(/C=C(/Cl)c1ccccc1)c1ccccc1. The molecular weight excluding hydrogens is 268 g/mol. The minimum absolute atomic E-state index is 0.208. The summed E-state index contributed by atoms with van der Waals surface area (Å²) in [7, 11) is -3.50. The van der Waals surface area contributed by atoms with E-state index in [1.54, 1.807) is 54.6 Å². The van der Waals surface area contributed by atoms with E-state index in [-0.39, 0.29) is 9.93 Å². The number of halogens is 1. The Bertz CT molecular complexity index is 647. The molecule has 0 unspecified atom stereocenters. The third kappa shape index (κ3) is 3.00. The first kappa shape index (κ1) is 12.9. The van der Waals surface area contributed by atoms with Crippen molar-refractivity contribution in [2.75, 3.05) is 0 Å². The van der Waals surface area contributed by atoms with Crippen LogP contribution in [0.5, 0.6) is 0 Å². The van der Waals surface area contributed by atoms with Crippen molar-refractivity contribution >= 4 is 26.5 Å². The van der Waals surface area contributed by atoms with E-state index in [0.29, 0.717) is 5.56 Å². The molecule has 92 valence electrons. The van der Waals surface area contributed by atoms with Crippen LogP contribution in [0.15, 0.2) is 71.0 Å². The minimum atomic E-state index is -3.50. The molecule has 0 aliphatic heterocycles. The molecule has 4 heteroatoms. The number of hydrogen-bond acceptors (Lipinski definition) is 2. The van der Waals surface area contributed by atoms with Gasteiger partial charge in [0.05, 0.1) is 15.3 Å². The van der Waals surface area contributed by atoms with Gasteiger partial charge in [0, 0.05) is 0 Å². The molecular formula is C14H11ClO2S. The molecule has 0 saturated heterocycles. The summed E-state index contributed by atoms with van der Waals surface area (Å²) >= 11 is 6.02. The Balaban J connectivity index is 2.39. The molecule has 2 rings (SSSR count). The van der Waals surface area contributed by atoms with Crippen LogP contribution in [-0.2, 0) is 9.84 Å². The number of rotatable bonds is 3. The van der Waals surface area contributed by atoms with Gasteiger partial charge in [0.1, 0.15) is 0 Å². The molecule has 0 bridgehead atoms.